The van der Waals surface area contributed by atoms with Gasteiger partial charge in [0.15, 0.2) is 0 Å². The van der Waals surface area contributed by atoms with Crippen molar-refractivity contribution in [2.75, 3.05) is 18.4 Å². The highest BCUT2D eigenvalue weighted by molar-refractivity contribution is 5.90. The lowest BCUT2D eigenvalue weighted by atomic mass is 10.1. The van der Waals surface area contributed by atoms with Crippen molar-refractivity contribution < 1.29 is 14.4 Å². The summed E-state index contributed by atoms with van der Waals surface area (Å²) < 4.78 is 5.40. The lowest BCUT2D eigenvalue weighted by Gasteiger charge is -2.27. The monoisotopic (exact) mass is 419 g/mol. The summed E-state index contributed by atoms with van der Waals surface area (Å²) in [5.74, 6) is 1.09. The fourth-order valence-electron chi connectivity index (χ4n) is 4.09. The van der Waals surface area contributed by atoms with E-state index < -0.39 is 0 Å². The predicted molar refractivity (Wildman–Crippen MR) is 115 cm³/mol. The molecule has 2 aromatic carbocycles. The highest BCUT2D eigenvalue weighted by Gasteiger charge is 2.23. The van der Waals surface area contributed by atoms with Crippen LogP contribution in [0.15, 0.2) is 53.1 Å². The second-order valence-corrected chi connectivity index (χ2v) is 8.15. The summed E-state index contributed by atoms with van der Waals surface area (Å²) in [6.07, 6.45) is 1.35. The summed E-state index contributed by atoms with van der Waals surface area (Å²) in [6.45, 7) is 3.50. The third-order valence-electron chi connectivity index (χ3n) is 5.91. The third-order valence-corrected chi connectivity index (χ3v) is 5.91. The van der Waals surface area contributed by atoms with Gasteiger partial charge in [0.2, 0.25) is 11.7 Å². The van der Waals surface area contributed by atoms with E-state index in [4.69, 9.17) is 4.52 Å². The van der Waals surface area contributed by atoms with Crippen molar-refractivity contribution in [1.29, 1.82) is 0 Å². The number of anilines is 1. The summed E-state index contributed by atoms with van der Waals surface area (Å²) in [5, 5.41) is 16.7. The van der Waals surface area contributed by atoms with Crippen LogP contribution in [0.2, 0.25) is 0 Å². The zero-order chi connectivity index (χ0) is 21.2. The molecule has 0 atom stereocenters. The Balaban J connectivity index is 1.18. The van der Waals surface area contributed by atoms with E-state index >= 15 is 0 Å². The highest BCUT2D eigenvalue weighted by Crippen LogP contribution is 2.24. The van der Waals surface area contributed by atoms with Crippen LogP contribution < -0.4 is 5.32 Å². The molecule has 1 saturated heterocycles. The fourth-order valence-corrected chi connectivity index (χ4v) is 4.09. The molecular formula is C23H25N5O3. The highest BCUT2D eigenvalue weighted by atomic mass is 16.5. The summed E-state index contributed by atoms with van der Waals surface area (Å²) in [5.41, 5.74) is 3.94. The number of amides is 2. The second-order valence-electron chi connectivity index (χ2n) is 8.15. The van der Waals surface area contributed by atoms with Gasteiger partial charge in [0.05, 0.1) is 12.6 Å². The van der Waals surface area contributed by atoms with Crippen molar-refractivity contribution in [2.24, 2.45) is 0 Å². The van der Waals surface area contributed by atoms with Gasteiger partial charge in [0, 0.05) is 37.4 Å². The van der Waals surface area contributed by atoms with Crippen LogP contribution in [0, 0.1) is 0 Å². The predicted octanol–water partition coefficient (Wildman–Crippen LogP) is 3.24. The van der Waals surface area contributed by atoms with E-state index in [0.29, 0.717) is 31.3 Å². The first kappa shape index (κ1) is 19.7. The fraction of sp³-hybridized carbons (Fsp3) is 0.348. The molecule has 8 nitrogen and oxygen atoms in total. The number of nitrogens with zero attached hydrogens (tertiary/aromatic N) is 4. The Labute approximate surface area is 180 Å². The zero-order valence-electron chi connectivity index (χ0n) is 17.2. The number of fused-ring (bicyclic) bond motifs is 1. The van der Waals surface area contributed by atoms with E-state index in [-0.39, 0.29) is 12.1 Å². The van der Waals surface area contributed by atoms with Gasteiger partial charge in [-0.25, -0.2) is 4.79 Å². The van der Waals surface area contributed by atoms with Crippen molar-refractivity contribution in [3.05, 3.63) is 65.5 Å². The van der Waals surface area contributed by atoms with Gasteiger partial charge in [-0.1, -0.05) is 29.4 Å². The van der Waals surface area contributed by atoms with Crippen molar-refractivity contribution >= 4 is 11.7 Å². The van der Waals surface area contributed by atoms with Gasteiger partial charge >= 0.3 is 6.03 Å². The first-order valence-corrected chi connectivity index (χ1v) is 10.6. The normalized spacial score (nSPS) is 17.0. The first-order chi connectivity index (χ1) is 15.1. The van der Waals surface area contributed by atoms with E-state index in [2.05, 4.69) is 32.5 Å². The first-order valence-electron chi connectivity index (χ1n) is 10.6. The molecule has 2 amide bonds. The molecule has 1 fully saturated rings. The van der Waals surface area contributed by atoms with Crippen LogP contribution in [0.25, 0.3) is 11.4 Å². The van der Waals surface area contributed by atoms with Crippen LogP contribution in [0.3, 0.4) is 0 Å². The standard InChI is InChI=1S/C23H25N5O3/c29-20-9-11-27(12-10-20)15-21-25-22(26-31-21)16-5-7-19(8-6-16)24-23(30)28-13-17-3-1-2-4-18(17)14-28/h1-8,20,29H,9-15H2,(H,24,30). The number of hydrogen-bond donors (Lipinski definition) is 2. The van der Waals surface area contributed by atoms with Gasteiger partial charge in [-0.3, -0.25) is 4.90 Å². The summed E-state index contributed by atoms with van der Waals surface area (Å²) in [7, 11) is 0. The van der Waals surface area contributed by atoms with Gasteiger partial charge < -0.3 is 19.8 Å². The Hall–Kier alpha value is -3.23. The molecule has 0 spiro atoms. The Morgan fingerprint density at radius 2 is 1.74 bits per heavy atom. The topological polar surface area (TPSA) is 94.7 Å². The van der Waals surface area contributed by atoms with E-state index in [1.165, 1.54) is 11.1 Å². The molecule has 3 heterocycles. The number of nitrogens with one attached hydrogen (secondary N) is 1. The number of aliphatic hydroxyl groups excluding tert-OH is 1. The maximum atomic E-state index is 12.6. The molecule has 3 aromatic rings. The summed E-state index contributed by atoms with van der Waals surface area (Å²) in [4.78, 5) is 21.1. The maximum Gasteiger partial charge on any atom is 0.322 e. The lowest BCUT2D eigenvalue weighted by molar-refractivity contribution is 0.0740. The Morgan fingerprint density at radius 1 is 1.06 bits per heavy atom. The van der Waals surface area contributed by atoms with Gasteiger partial charge in [-0.2, -0.15) is 4.98 Å². The van der Waals surface area contributed by atoms with Gasteiger partial charge in [-0.05, 0) is 48.2 Å². The van der Waals surface area contributed by atoms with E-state index in [1.807, 2.05) is 36.4 Å². The number of aliphatic hydroxyl groups is 1. The Kier molecular flexibility index (Phi) is 5.40. The van der Waals surface area contributed by atoms with Crippen LogP contribution in [-0.4, -0.2) is 50.3 Å². The molecule has 1 aromatic heterocycles. The largest absolute Gasteiger partial charge is 0.393 e. The molecule has 0 saturated carbocycles. The molecule has 0 aliphatic carbocycles. The number of benzene rings is 2. The van der Waals surface area contributed by atoms with Gasteiger partial charge in [0.1, 0.15) is 0 Å². The van der Waals surface area contributed by atoms with Crippen molar-refractivity contribution in [3.8, 4) is 11.4 Å². The van der Waals surface area contributed by atoms with Crippen molar-refractivity contribution in [2.45, 2.75) is 38.6 Å². The molecular weight excluding hydrogens is 394 g/mol. The molecule has 2 N–H and O–H groups in total. The zero-order valence-corrected chi connectivity index (χ0v) is 17.2. The van der Waals surface area contributed by atoms with Crippen LogP contribution in [0.5, 0.6) is 0 Å². The minimum atomic E-state index is -0.200. The minimum Gasteiger partial charge on any atom is -0.393 e. The molecule has 2 aliphatic rings. The average molecular weight is 419 g/mol. The van der Waals surface area contributed by atoms with Crippen molar-refractivity contribution in [3.63, 3.8) is 0 Å². The number of aromatic nitrogens is 2. The van der Waals surface area contributed by atoms with E-state index in [9.17, 15) is 9.90 Å². The second kappa shape index (κ2) is 8.49. The number of carbonyl (C=O) groups is 1. The van der Waals surface area contributed by atoms with Crippen LogP contribution >= 0.6 is 0 Å². The lowest BCUT2D eigenvalue weighted by Crippen LogP contribution is -2.35. The number of likely N-dealkylation sites (tertiary alicyclic amines) is 1. The van der Waals surface area contributed by atoms with Crippen LogP contribution in [0.4, 0.5) is 10.5 Å². The number of urea groups is 1. The molecule has 0 radical (unpaired) electrons. The van der Waals surface area contributed by atoms with E-state index in [0.717, 1.165) is 37.2 Å². The quantitative estimate of drug-likeness (QED) is 0.674. The molecule has 31 heavy (non-hydrogen) atoms. The SMILES string of the molecule is O=C(Nc1ccc(-c2noc(CN3CCC(O)CC3)n2)cc1)N1Cc2ccccc2C1. The molecule has 5 rings (SSSR count). The maximum absolute atomic E-state index is 12.6. The molecule has 0 bridgehead atoms. The molecule has 2 aliphatic heterocycles. The third kappa shape index (κ3) is 4.45. The Bertz CT molecular complexity index is 1030. The minimum absolute atomic E-state index is 0.113. The Morgan fingerprint density at radius 3 is 2.42 bits per heavy atom. The molecule has 0 unspecified atom stereocenters. The smallest absolute Gasteiger partial charge is 0.322 e. The van der Waals surface area contributed by atoms with Crippen LogP contribution in [-0.2, 0) is 19.6 Å². The number of hydrogen-bond acceptors (Lipinski definition) is 6. The van der Waals surface area contributed by atoms with Crippen LogP contribution in [0.1, 0.15) is 29.9 Å². The summed E-state index contributed by atoms with van der Waals surface area (Å²) >= 11 is 0. The van der Waals surface area contributed by atoms with Crippen molar-refractivity contribution in [1.82, 2.24) is 19.9 Å². The number of rotatable bonds is 4. The van der Waals surface area contributed by atoms with Gasteiger partial charge in [-0.15, -0.1) is 0 Å². The summed E-state index contributed by atoms with van der Waals surface area (Å²) in [6, 6.07) is 15.4. The average Bonchev–Trinajstić information content (AvgIpc) is 3.43. The molecule has 160 valence electrons. The van der Waals surface area contributed by atoms with E-state index in [1.54, 1.807) is 4.90 Å². The van der Waals surface area contributed by atoms with Gasteiger partial charge in [0.25, 0.3) is 0 Å². The number of piperidine rings is 1. The molecule has 8 heteroatoms. The number of carbonyl (C=O) groups excluding carboxylic acids is 1.